The van der Waals surface area contributed by atoms with Crippen molar-refractivity contribution in [1.29, 1.82) is 0 Å². The normalized spacial score (nSPS) is 22.7. The van der Waals surface area contributed by atoms with E-state index in [9.17, 15) is 4.79 Å². The maximum Gasteiger partial charge on any atom is 0.271 e. The Morgan fingerprint density at radius 2 is 1.96 bits per heavy atom. The molecule has 8 heteroatoms. The van der Waals surface area contributed by atoms with E-state index in [1.165, 1.54) is 18.0 Å². The van der Waals surface area contributed by atoms with Gasteiger partial charge in [0.05, 0.1) is 15.7 Å². The minimum Gasteiger partial charge on any atom is -0.368 e. The number of piperazine rings is 1. The molecule has 1 aliphatic carbocycles. The van der Waals surface area contributed by atoms with Gasteiger partial charge in [-0.2, -0.15) is 4.37 Å². The van der Waals surface area contributed by atoms with Crippen LogP contribution in [0.2, 0.25) is 10.0 Å². The number of halogens is 2. The van der Waals surface area contributed by atoms with Crippen molar-refractivity contribution >= 4 is 46.3 Å². The Morgan fingerprint density at radius 3 is 2.68 bits per heavy atom. The van der Waals surface area contributed by atoms with Gasteiger partial charge in [0, 0.05) is 37.6 Å². The first-order valence-electron chi connectivity index (χ1n) is 9.72. The van der Waals surface area contributed by atoms with Gasteiger partial charge in [-0.3, -0.25) is 9.69 Å². The summed E-state index contributed by atoms with van der Waals surface area (Å²) in [7, 11) is 0. The third-order valence-corrected chi connectivity index (χ3v) is 7.11. The lowest BCUT2D eigenvalue weighted by molar-refractivity contribution is 0.0873. The molecule has 150 valence electrons. The Balaban J connectivity index is 1.15. The highest BCUT2D eigenvalue weighted by molar-refractivity contribution is 7.03. The van der Waals surface area contributed by atoms with Gasteiger partial charge in [-0.05, 0) is 61.5 Å². The highest BCUT2D eigenvalue weighted by atomic mass is 35.5. The minimum atomic E-state index is -0.0412. The fourth-order valence-corrected chi connectivity index (χ4v) is 4.92. The number of nitrogens with one attached hydrogen (secondary N) is 1. The molecule has 2 aliphatic rings. The summed E-state index contributed by atoms with van der Waals surface area (Å²) in [5, 5.41) is 6.18. The molecule has 2 aromatic rings. The van der Waals surface area contributed by atoms with Crippen molar-refractivity contribution in [1.82, 2.24) is 14.6 Å². The zero-order valence-corrected chi connectivity index (χ0v) is 17.9. The smallest absolute Gasteiger partial charge is 0.271 e. The van der Waals surface area contributed by atoms with Crippen molar-refractivity contribution in [2.45, 2.75) is 25.3 Å². The molecular weight excluding hydrogens is 415 g/mol. The van der Waals surface area contributed by atoms with E-state index in [0.29, 0.717) is 27.7 Å². The van der Waals surface area contributed by atoms with Crippen molar-refractivity contribution in [3.05, 3.63) is 45.4 Å². The molecule has 1 aromatic carbocycles. The lowest BCUT2D eigenvalue weighted by Crippen LogP contribution is -2.48. The highest BCUT2D eigenvalue weighted by Gasteiger charge is 2.31. The first-order valence-corrected chi connectivity index (χ1v) is 11.3. The van der Waals surface area contributed by atoms with Gasteiger partial charge >= 0.3 is 0 Å². The van der Waals surface area contributed by atoms with E-state index < -0.39 is 0 Å². The van der Waals surface area contributed by atoms with Gasteiger partial charge in [0.25, 0.3) is 5.91 Å². The van der Waals surface area contributed by atoms with Crippen LogP contribution in [0.15, 0.2) is 29.6 Å². The number of amides is 1. The molecule has 28 heavy (non-hydrogen) atoms. The number of anilines is 1. The highest BCUT2D eigenvalue weighted by Crippen LogP contribution is 2.33. The van der Waals surface area contributed by atoms with Gasteiger partial charge in [0.1, 0.15) is 5.69 Å². The fourth-order valence-electron chi connectivity index (χ4n) is 3.99. The van der Waals surface area contributed by atoms with Crippen molar-refractivity contribution in [2.75, 3.05) is 37.6 Å². The van der Waals surface area contributed by atoms with E-state index in [1.807, 2.05) is 23.6 Å². The molecule has 1 saturated heterocycles. The third-order valence-electron chi connectivity index (χ3n) is 5.74. The lowest BCUT2D eigenvalue weighted by Gasteiger charge is -2.39. The van der Waals surface area contributed by atoms with Crippen molar-refractivity contribution in [3.8, 4) is 0 Å². The van der Waals surface area contributed by atoms with E-state index in [-0.39, 0.29) is 5.91 Å². The number of benzene rings is 1. The maximum absolute atomic E-state index is 12.0. The van der Waals surface area contributed by atoms with Gasteiger partial charge in [0.15, 0.2) is 0 Å². The Kier molecular flexibility index (Phi) is 6.41. The molecule has 1 aliphatic heterocycles. The zero-order chi connectivity index (χ0) is 19.5. The lowest BCUT2D eigenvalue weighted by atomic mass is 9.78. The number of rotatable bonds is 6. The summed E-state index contributed by atoms with van der Waals surface area (Å²) in [6.07, 6.45) is 3.35. The van der Waals surface area contributed by atoms with Gasteiger partial charge in [0.2, 0.25) is 0 Å². The number of hydrogen-bond donors (Lipinski definition) is 1. The molecule has 2 heterocycles. The SMILES string of the molecule is O=C(N[C@H]1C[C@H](CCN2CCN(c3cccc(Cl)c3Cl)CC2)C1)c1ccsn1. The minimum absolute atomic E-state index is 0.0412. The van der Waals surface area contributed by atoms with Crippen LogP contribution in [0.25, 0.3) is 0 Å². The molecular formula is C20H24Cl2N4OS. The average molecular weight is 439 g/mol. The van der Waals surface area contributed by atoms with Crippen molar-refractivity contribution < 1.29 is 4.79 Å². The Labute approximate surface area is 179 Å². The predicted octanol–water partition coefficient (Wildman–Crippen LogP) is 4.17. The van der Waals surface area contributed by atoms with Gasteiger partial charge in [-0.1, -0.05) is 29.3 Å². The first kappa shape index (κ1) is 20.0. The Hall–Kier alpha value is -1.34. The summed E-state index contributed by atoms with van der Waals surface area (Å²) in [5.41, 5.74) is 1.57. The van der Waals surface area contributed by atoms with Crippen LogP contribution in [0.5, 0.6) is 0 Å². The van der Waals surface area contributed by atoms with Crippen LogP contribution in [0, 0.1) is 5.92 Å². The second-order valence-electron chi connectivity index (χ2n) is 7.58. The van der Waals surface area contributed by atoms with Crippen LogP contribution >= 0.6 is 34.7 Å². The summed E-state index contributed by atoms with van der Waals surface area (Å²) in [6.45, 7) is 5.14. The standard InChI is InChI=1S/C20H24Cl2N4OS/c21-16-2-1-3-18(19(16)22)26-9-7-25(8-10-26)6-4-14-12-15(13-14)23-20(27)17-5-11-28-24-17/h1-3,5,11,14-15H,4,6-10,12-13H2,(H,23,27)/t14-,15-. The Morgan fingerprint density at radius 1 is 1.18 bits per heavy atom. The van der Waals surface area contributed by atoms with E-state index >= 15 is 0 Å². The summed E-state index contributed by atoms with van der Waals surface area (Å²) < 4.78 is 4.09. The molecule has 0 spiro atoms. The maximum atomic E-state index is 12.0. The molecule has 0 bridgehead atoms. The monoisotopic (exact) mass is 438 g/mol. The van der Waals surface area contributed by atoms with E-state index in [1.54, 1.807) is 6.07 Å². The second-order valence-corrected chi connectivity index (χ2v) is 9.03. The largest absolute Gasteiger partial charge is 0.368 e. The third kappa shape index (κ3) is 4.62. The van der Waals surface area contributed by atoms with Crippen LogP contribution in [0.1, 0.15) is 29.8 Å². The van der Waals surface area contributed by atoms with E-state index in [2.05, 4.69) is 19.5 Å². The zero-order valence-electron chi connectivity index (χ0n) is 15.6. The molecule has 1 saturated carbocycles. The van der Waals surface area contributed by atoms with E-state index in [4.69, 9.17) is 23.2 Å². The Bertz CT molecular complexity index is 803. The molecule has 1 aromatic heterocycles. The molecule has 0 unspecified atom stereocenters. The quantitative estimate of drug-likeness (QED) is 0.734. The molecule has 2 fully saturated rings. The van der Waals surface area contributed by atoms with Gasteiger partial charge < -0.3 is 10.2 Å². The number of hydrogen-bond acceptors (Lipinski definition) is 5. The number of aromatic nitrogens is 1. The van der Waals surface area contributed by atoms with Crippen LogP contribution in [-0.4, -0.2) is 53.9 Å². The molecule has 1 amide bonds. The summed E-state index contributed by atoms with van der Waals surface area (Å²) in [6, 6.07) is 7.90. The number of carbonyl (C=O) groups excluding carboxylic acids is 1. The predicted molar refractivity (Wildman–Crippen MR) is 116 cm³/mol. The van der Waals surface area contributed by atoms with Gasteiger partial charge in [-0.15, -0.1) is 0 Å². The van der Waals surface area contributed by atoms with Gasteiger partial charge in [-0.25, -0.2) is 0 Å². The molecule has 0 atom stereocenters. The molecule has 5 nitrogen and oxygen atoms in total. The topological polar surface area (TPSA) is 48.5 Å². The first-order chi connectivity index (χ1) is 13.6. The molecule has 1 N–H and O–H groups in total. The van der Waals surface area contributed by atoms with Crippen LogP contribution < -0.4 is 10.2 Å². The van der Waals surface area contributed by atoms with Crippen molar-refractivity contribution in [3.63, 3.8) is 0 Å². The second kappa shape index (κ2) is 8.99. The summed E-state index contributed by atoms with van der Waals surface area (Å²) in [4.78, 5) is 16.9. The van der Waals surface area contributed by atoms with Crippen LogP contribution in [-0.2, 0) is 0 Å². The van der Waals surface area contributed by atoms with Crippen molar-refractivity contribution in [2.24, 2.45) is 5.92 Å². The summed E-state index contributed by atoms with van der Waals surface area (Å²) in [5.74, 6) is 0.668. The van der Waals surface area contributed by atoms with Crippen LogP contribution in [0.4, 0.5) is 5.69 Å². The van der Waals surface area contributed by atoms with E-state index in [0.717, 1.165) is 51.3 Å². The molecule has 0 radical (unpaired) electrons. The number of carbonyl (C=O) groups is 1. The fraction of sp³-hybridized carbons (Fsp3) is 0.500. The van der Waals surface area contributed by atoms with Crippen LogP contribution in [0.3, 0.4) is 0 Å². The average Bonchev–Trinajstić information content (AvgIpc) is 3.21. The summed E-state index contributed by atoms with van der Waals surface area (Å²) >= 11 is 13.8. The number of nitrogens with zero attached hydrogens (tertiary/aromatic N) is 3. The molecule has 4 rings (SSSR count).